The van der Waals surface area contributed by atoms with Crippen molar-refractivity contribution >= 4 is 31.5 Å². The summed E-state index contributed by atoms with van der Waals surface area (Å²) < 4.78 is 22.1. The van der Waals surface area contributed by atoms with Gasteiger partial charge in [0.1, 0.15) is 0 Å². The molecule has 0 spiro atoms. The van der Waals surface area contributed by atoms with E-state index in [2.05, 4.69) is 4.99 Å². The summed E-state index contributed by atoms with van der Waals surface area (Å²) in [4.78, 5) is 13.2. The van der Waals surface area contributed by atoms with E-state index in [0.717, 1.165) is 0 Å². The summed E-state index contributed by atoms with van der Waals surface area (Å²) >= 11 is 0. The molecule has 0 amide bonds. The molecular formula is C8H6ClNO3S. The lowest BCUT2D eigenvalue weighted by molar-refractivity contribution is 0.565. The lowest BCUT2D eigenvalue weighted by atomic mass is 10.2. The maximum Gasteiger partial charge on any atom is 0.261 e. The smallest absolute Gasteiger partial charge is 0.211 e. The van der Waals surface area contributed by atoms with Crippen molar-refractivity contribution in [2.45, 2.75) is 11.8 Å². The first kappa shape index (κ1) is 10.9. The van der Waals surface area contributed by atoms with Crippen molar-refractivity contribution in [2.24, 2.45) is 4.99 Å². The van der Waals surface area contributed by atoms with Crippen LogP contribution in [0.4, 0.5) is 5.69 Å². The van der Waals surface area contributed by atoms with Crippen LogP contribution in [0.3, 0.4) is 0 Å². The van der Waals surface area contributed by atoms with Crippen LogP contribution in [0.5, 0.6) is 0 Å². The summed E-state index contributed by atoms with van der Waals surface area (Å²) in [6, 6.07) is 4.25. The molecule has 0 radical (unpaired) electrons. The highest BCUT2D eigenvalue weighted by Gasteiger charge is 2.13. The first-order chi connectivity index (χ1) is 6.45. The fourth-order valence-corrected chi connectivity index (χ4v) is 2.19. The SMILES string of the molecule is Cc1ccc(N=C=O)cc1S(=O)(=O)Cl. The fraction of sp³-hybridized carbons (Fsp3) is 0.125. The Morgan fingerprint density at radius 3 is 2.57 bits per heavy atom. The molecule has 0 fully saturated rings. The van der Waals surface area contributed by atoms with Gasteiger partial charge in [-0.05, 0) is 24.6 Å². The van der Waals surface area contributed by atoms with E-state index in [1.807, 2.05) is 0 Å². The first-order valence-electron chi connectivity index (χ1n) is 3.58. The van der Waals surface area contributed by atoms with Crippen LogP contribution in [0.1, 0.15) is 5.56 Å². The van der Waals surface area contributed by atoms with Crippen molar-refractivity contribution in [1.82, 2.24) is 0 Å². The second-order valence-corrected chi connectivity index (χ2v) is 5.13. The van der Waals surface area contributed by atoms with Crippen molar-refractivity contribution in [2.75, 3.05) is 0 Å². The van der Waals surface area contributed by atoms with Crippen molar-refractivity contribution in [3.05, 3.63) is 23.8 Å². The average molecular weight is 232 g/mol. The van der Waals surface area contributed by atoms with E-state index in [1.54, 1.807) is 6.92 Å². The summed E-state index contributed by atoms with van der Waals surface area (Å²) in [5, 5.41) is 0. The number of hydrogen-bond donors (Lipinski definition) is 0. The highest BCUT2D eigenvalue weighted by Crippen LogP contribution is 2.24. The van der Waals surface area contributed by atoms with Crippen LogP contribution in [-0.2, 0) is 13.8 Å². The van der Waals surface area contributed by atoms with Crippen molar-refractivity contribution in [3.8, 4) is 0 Å². The Bertz CT molecular complexity index is 503. The number of nitrogens with zero attached hydrogens (tertiary/aromatic N) is 1. The van der Waals surface area contributed by atoms with E-state index < -0.39 is 9.05 Å². The molecule has 0 aliphatic rings. The fourth-order valence-electron chi connectivity index (χ4n) is 0.974. The van der Waals surface area contributed by atoms with Crippen LogP contribution in [0.15, 0.2) is 28.1 Å². The minimum atomic E-state index is -3.79. The van der Waals surface area contributed by atoms with Gasteiger partial charge in [-0.3, -0.25) is 0 Å². The molecule has 0 saturated carbocycles. The zero-order valence-corrected chi connectivity index (χ0v) is 8.76. The second kappa shape index (κ2) is 3.92. The lowest BCUT2D eigenvalue weighted by Crippen LogP contribution is -1.93. The molecule has 1 aromatic rings. The third-order valence-corrected chi connectivity index (χ3v) is 3.07. The van der Waals surface area contributed by atoms with Crippen LogP contribution >= 0.6 is 10.7 Å². The van der Waals surface area contributed by atoms with Crippen molar-refractivity contribution in [1.29, 1.82) is 0 Å². The van der Waals surface area contributed by atoms with Crippen LogP contribution in [0.2, 0.25) is 0 Å². The number of rotatable bonds is 2. The molecule has 0 aliphatic carbocycles. The topological polar surface area (TPSA) is 63.6 Å². The van der Waals surface area contributed by atoms with Gasteiger partial charge in [-0.1, -0.05) is 6.07 Å². The quantitative estimate of drug-likeness (QED) is 0.444. The maximum atomic E-state index is 11.0. The van der Waals surface area contributed by atoms with Crippen LogP contribution in [-0.4, -0.2) is 14.5 Å². The molecule has 0 N–H and O–H groups in total. The van der Waals surface area contributed by atoms with Gasteiger partial charge in [0.05, 0.1) is 10.6 Å². The van der Waals surface area contributed by atoms with Gasteiger partial charge in [0.25, 0.3) is 9.05 Å². The largest absolute Gasteiger partial charge is 0.261 e. The molecule has 0 bridgehead atoms. The van der Waals surface area contributed by atoms with Crippen LogP contribution in [0.25, 0.3) is 0 Å². The minimum Gasteiger partial charge on any atom is -0.211 e. The number of hydrogen-bond acceptors (Lipinski definition) is 4. The third kappa shape index (κ3) is 2.42. The Balaban J connectivity index is 3.43. The van der Waals surface area contributed by atoms with E-state index >= 15 is 0 Å². The maximum absolute atomic E-state index is 11.0. The molecule has 1 rings (SSSR count). The molecule has 0 atom stereocenters. The predicted octanol–water partition coefficient (Wildman–Crippen LogP) is 1.89. The summed E-state index contributed by atoms with van der Waals surface area (Å²) in [6.45, 7) is 1.60. The molecule has 74 valence electrons. The standard InChI is InChI=1S/C8H6ClNO3S/c1-6-2-3-7(10-5-11)4-8(6)14(9,12)13/h2-4H,1H3. The summed E-state index contributed by atoms with van der Waals surface area (Å²) in [6.07, 6.45) is 1.32. The molecule has 0 aromatic heterocycles. The molecule has 0 heterocycles. The number of carbonyl (C=O) groups excluding carboxylic acids is 1. The Labute approximate surface area is 85.7 Å². The molecule has 0 saturated heterocycles. The van der Waals surface area contributed by atoms with Crippen LogP contribution < -0.4 is 0 Å². The molecular weight excluding hydrogens is 226 g/mol. The Kier molecular flexibility index (Phi) is 3.06. The lowest BCUT2D eigenvalue weighted by Gasteiger charge is -2.01. The van der Waals surface area contributed by atoms with Gasteiger partial charge in [0.2, 0.25) is 6.08 Å². The monoisotopic (exact) mass is 231 g/mol. The highest BCUT2D eigenvalue weighted by molar-refractivity contribution is 8.13. The van der Waals surface area contributed by atoms with Crippen LogP contribution in [0, 0.1) is 6.92 Å². The number of halogens is 1. The predicted molar refractivity (Wildman–Crippen MR) is 52.0 cm³/mol. The van der Waals surface area contributed by atoms with Gasteiger partial charge in [-0.15, -0.1) is 0 Å². The molecule has 14 heavy (non-hydrogen) atoms. The van der Waals surface area contributed by atoms with Gasteiger partial charge >= 0.3 is 0 Å². The normalized spacial score (nSPS) is 10.7. The first-order valence-corrected chi connectivity index (χ1v) is 5.89. The van der Waals surface area contributed by atoms with Gasteiger partial charge in [-0.25, -0.2) is 13.2 Å². The zero-order valence-electron chi connectivity index (χ0n) is 7.19. The van der Waals surface area contributed by atoms with Gasteiger partial charge in [0, 0.05) is 10.7 Å². The summed E-state index contributed by atoms with van der Waals surface area (Å²) in [5.74, 6) is 0. The molecule has 4 nitrogen and oxygen atoms in total. The van der Waals surface area contributed by atoms with Crippen molar-refractivity contribution in [3.63, 3.8) is 0 Å². The van der Waals surface area contributed by atoms with Gasteiger partial charge < -0.3 is 0 Å². The number of aliphatic imine (C=N–C) groups is 1. The van der Waals surface area contributed by atoms with Crippen molar-refractivity contribution < 1.29 is 13.2 Å². The number of benzene rings is 1. The van der Waals surface area contributed by atoms with Gasteiger partial charge in [0.15, 0.2) is 0 Å². The Morgan fingerprint density at radius 2 is 2.07 bits per heavy atom. The number of aryl methyl sites for hydroxylation is 1. The third-order valence-electron chi connectivity index (χ3n) is 1.61. The Hall–Kier alpha value is -1.16. The molecule has 0 unspecified atom stereocenters. The zero-order chi connectivity index (χ0) is 10.8. The minimum absolute atomic E-state index is 0.0457. The highest BCUT2D eigenvalue weighted by atomic mass is 35.7. The second-order valence-electron chi connectivity index (χ2n) is 2.59. The molecule has 6 heteroatoms. The number of isocyanates is 1. The average Bonchev–Trinajstić information content (AvgIpc) is 2.07. The molecule has 0 aliphatic heterocycles. The van der Waals surface area contributed by atoms with Gasteiger partial charge in [-0.2, -0.15) is 4.99 Å². The summed E-state index contributed by atoms with van der Waals surface area (Å²) in [7, 11) is 1.38. The summed E-state index contributed by atoms with van der Waals surface area (Å²) in [5.41, 5.74) is 0.717. The van der Waals surface area contributed by atoms with E-state index in [0.29, 0.717) is 5.56 Å². The van der Waals surface area contributed by atoms with E-state index in [9.17, 15) is 13.2 Å². The van der Waals surface area contributed by atoms with E-state index in [4.69, 9.17) is 10.7 Å². The van der Waals surface area contributed by atoms with E-state index in [-0.39, 0.29) is 10.6 Å². The van der Waals surface area contributed by atoms with E-state index in [1.165, 1.54) is 24.3 Å². The Morgan fingerprint density at radius 1 is 1.43 bits per heavy atom. The molecule has 1 aromatic carbocycles.